The first-order chi connectivity index (χ1) is 9.36. The highest BCUT2D eigenvalue weighted by atomic mass is 32.2. The van der Waals surface area contributed by atoms with Gasteiger partial charge in [-0.3, -0.25) is 0 Å². The van der Waals surface area contributed by atoms with Gasteiger partial charge in [0.25, 0.3) is 0 Å². The van der Waals surface area contributed by atoms with Gasteiger partial charge in [-0.25, -0.2) is 8.42 Å². The van der Waals surface area contributed by atoms with Gasteiger partial charge >= 0.3 is 0 Å². The van der Waals surface area contributed by atoms with Crippen LogP contribution in [-0.2, 0) is 23.0 Å². The highest BCUT2D eigenvalue weighted by molar-refractivity contribution is 7.88. The third-order valence-electron chi connectivity index (χ3n) is 3.59. The van der Waals surface area contributed by atoms with Gasteiger partial charge in [0.05, 0.1) is 12.9 Å². The van der Waals surface area contributed by atoms with E-state index in [0.29, 0.717) is 19.0 Å². The van der Waals surface area contributed by atoms with Crippen LogP contribution < -0.4 is 4.74 Å². The molecule has 0 saturated heterocycles. The van der Waals surface area contributed by atoms with E-state index < -0.39 is 10.0 Å². The van der Waals surface area contributed by atoms with Crippen LogP contribution in [0, 0.1) is 5.92 Å². The molecule has 1 aliphatic heterocycles. The van der Waals surface area contributed by atoms with Gasteiger partial charge in [0.2, 0.25) is 10.0 Å². The van der Waals surface area contributed by atoms with E-state index in [0.717, 1.165) is 30.8 Å². The molecule has 0 fully saturated rings. The third kappa shape index (κ3) is 3.96. The lowest BCUT2D eigenvalue weighted by molar-refractivity contribution is 0.288. The van der Waals surface area contributed by atoms with Crippen LogP contribution in [0.1, 0.15) is 31.4 Å². The molecule has 20 heavy (non-hydrogen) atoms. The van der Waals surface area contributed by atoms with Crippen molar-refractivity contribution in [2.45, 2.75) is 33.2 Å². The summed E-state index contributed by atoms with van der Waals surface area (Å²) < 4.78 is 30.4. The molecule has 0 unspecified atom stereocenters. The van der Waals surface area contributed by atoms with Crippen LogP contribution in [0.5, 0.6) is 5.75 Å². The lowest BCUT2D eigenvalue weighted by Crippen LogP contribution is -2.35. The van der Waals surface area contributed by atoms with Crippen LogP contribution in [0.25, 0.3) is 0 Å². The second-order valence-electron chi connectivity index (χ2n) is 5.81. The number of benzene rings is 1. The zero-order valence-corrected chi connectivity index (χ0v) is 13.2. The van der Waals surface area contributed by atoms with Crippen molar-refractivity contribution in [3.8, 4) is 5.75 Å². The number of hydrogen-bond acceptors (Lipinski definition) is 3. The Hall–Kier alpha value is -1.07. The summed E-state index contributed by atoms with van der Waals surface area (Å²) in [5, 5.41) is 0. The molecule has 1 aliphatic rings. The monoisotopic (exact) mass is 297 g/mol. The third-order valence-corrected chi connectivity index (χ3v) is 4.84. The van der Waals surface area contributed by atoms with E-state index in [4.69, 9.17) is 4.74 Å². The van der Waals surface area contributed by atoms with Crippen LogP contribution in [0.2, 0.25) is 0 Å². The van der Waals surface area contributed by atoms with E-state index in [1.54, 1.807) is 0 Å². The fraction of sp³-hybridized carbons (Fsp3) is 0.600. The van der Waals surface area contributed by atoms with Crippen molar-refractivity contribution >= 4 is 10.0 Å². The van der Waals surface area contributed by atoms with Gasteiger partial charge in [-0.1, -0.05) is 19.9 Å². The quantitative estimate of drug-likeness (QED) is 0.838. The average molecular weight is 297 g/mol. The van der Waals surface area contributed by atoms with Gasteiger partial charge in [-0.05, 0) is 42.0 Å². The molecular formula is C15H23NO3S. The predicted octanol–water partition coefficient (Wildman–Crippen LogP) is 2.43. The number of ether oxygens (including phenoxy) is 1. The van der Waals surface area contributed by atoms with Crippen molar-refractivity contribution in [3.63, 3.8) is 0 Å². The van der Waals surface area contributed by atoms with Gasteiger partial charge < -0.3 is 4.74 Å². The minimum Gasteiger partial charge on any atom is -0.494 e. The number of sulfonamides is 1. The molecule has 1 aromatic rings. The van der Waals surface area contributed by atoms with Gasteiger partial charge in [0.1, 0.15) is 5.75 Å². The van der Waals surface area contributed by atoms with Crippen molar-refractivity contribution in [2.24, 2.45) is 5.92 Å². The van der Waals surface area contributed by atoms with Crippen LogP contribution in [0.3, 0.4) is 0 Å². The molecule has 1 aromatic carbocycles. The SMILES string of the molecule is CC(C)CCOc1ccc2c(c1)CCN(S(C)(=O)=O)C2. The van der Waals surface area contributed by atoms with Crippen molar-refractivity contribution in [2.75, 3.05) is 19.4 Å². The normalized spacial score (nSPS) is 16.2. The Morgan fingerprint density at radius 3 is 2.70 bits per heavy atom. The second kappa shape index (κ2) is 6.14. The van der Waals surface area contributed by atoms with E-state index in [2.05, 4.69) is 19.9 Å². The summed E-state index contributed by atoms with van der Waals surface area (Å²) in [6.45, 7) is 6.11. The Labute approximate surface area is 121 Å². The smallest absolute Gasteiger partial charge is 0.211 e. The number of hydrogen-bond donors (Lipinski definition) is 0. The molecule has 0 atom stereocenters. The van der Waals surface area contributed by atoms with Crippen LogP contribution in [0.4, 0.5) is 0 Å². The Bertz CT molecular complexity index is 566. The van der Waals surface area contributed by atoms with Crippen molar-refractivity contribution in [3.05, 3.63) is 29.3 Å². The Morgan fingerprint density at radius 1 is 1.30 bits per heavy atom. The maximum Gasteiger partial charge on any atom is 0.211 e. The van der Waals surface area contributed by atoms with Gasteiger partial charge in [0.15, 0.2) is 0 Å². The summed E-state index contributed by atoms with van der Waals surface area (Å²) in [5.74, 6) is 1.52. The van der Waals surface area contributed by atoms with Crippen LogP contribution in [-0.4, -0.2) is 32.1 Å². The first-order valence-corrected chi connectivity index (χ1v) is 8.91. The zero-order chi connectivity index (χ0) is 14.8. The van der Waals surface area contributed by atoms with Crippen molar-refractivity contribution in [1.29, 1.82) is 0 Å². The van der Waals surface area contributed by atoms with Crippen molar-refractivity contribution < 1.29 is 13.2 Å². The fourth-order valence-corrected chi connectivity index (χ4v) is 3.09. The summed E-state index contributed by atoms with van der Waals surface area (Å²) in [4.78, 5) is 0. The second-order valence-corrected chi connectivity index (χ2v) is 7.79. The molecule has 1 heterocycles. The molecule has 2 rings (SSSR count). The lowest BCUT2D eigenvalue weighted by Gasteiger charge is -2.27. The van der Waals surface area contributed by atoms with Crippen LogP contribution >= 0.6 is 0 Å². The average Bonchev–Trinajstić information content (AvgIpc) is 2.36. The Kier molecular flexibility index (Phi) is 4.70. The summed E-state index contributed by atoms with van der Waals surface area (Å²) in [6, 6.07) is 5.97. The van der Waals surface area contributed by atoms with Crippen molar-refractivity contribution in [1.82, 2.24) is 4.31 Å². The molecule has 0 saturated carbocycles. The van der Waals surface area contributed by atoms with E-state index in [9.17, 15) is 8.42 Å². The van der Waals surface area contributed by atoms with Crippen LogP contribution in [0.15, 0.2) is 18.2 Å². The molecule has 0 aliphatic carbocycles. The molecular weight excluding hydrogens is 274 g/mol. The molecule has 112 valence electrons. The van der Waals surface area contributed by atoms with Gasteiger partial charge in [-0.15, -0.1) is 0 Å². The van der Waals surface area contributed by atoms with E-state index in [1.165, 1.54) is 16.1 Å². The molecule has 0 spiro atoms. The standard InChI is InChI=1S/C15H23NO3S/c1-12(2)7-9-19-15-5-4-14-11-16(20(3,17)18)8-6-13(14)10-15/h4-5,10,12H,6-9,11H2,1-3H3. The van der Waals surface area contributed by atoms with Gasteiger partial charge in [0, 0.05) is 13.1 Å². The summed E-state index contributed by atoms with van der Waals surface area (Å²) in [5.41, 5.74) is 2.28. The number of rotatable bonds is 5. The first-order valence-electron chi connectivity index (χ1n) is 7.06. The minimum atomic E-state index is -3.10. The molecule has 0 radical (unpaired) electrons. The molecule has 0 amide bonds. The number of nitrogens with zero attached hydrogens (tertiary/aromatic N) is 1. The largest absolute Gasteiger partial charge is 0.494 e. The summed E-state index contributed by atoms with van der Waals surface area (Å²) in [6.07, 6.45) is 3.06. The Balaban J connectivity index is 2.03. The van der Waals surface area contributed by atoms with E-state index >= 15 is 0 Å². The summed E-state index contributed by atoms with van der Waals surface area (Å²) >= 11 is 0. The molecule has 0 bridgehead atoms. The Morgan fingerprint density at radius 2 is 2.05 bits per heavy atom. The fourth-order valence-electron chi connectivity index (χ4n) is 2.29. The zero-order valence-electron chi connectivity index (χ0n) is 12.4. The highest BCUT2D eigenvalue weighted by Crippen LogP contribution is 2.25. The molecule has 0 aromatic heterocycles. The molecule has 0 N–H and O–H groups in total. The lowest BCUT2D eigenvalue weighted by atomic mass is 10.0. The van der Waals surface area contributed by atoms with E-state index in [-0.39, 0.29) is 0 Å². The predicted molar refractivity (Wildman–Crippen MR) is 80.3 cm³/mol. The molecule has 5 heteroatoms. The van der Waals surface area contributed by atoms with E-state index in [1.807, 2.05) is 12.1 Å². The number of fused-ring (bicyclic) bond motifs is 1. The summed E-state index contributed by atoms with van der Waals surface area (Å²) in [7, 11) is -3.10. The topological polar surface area (TPSA) is 46.6 Å². The molecule has 4 nitrogen and oxygen atoms in total. The highest BCUT2D eigenvalue weighted by Gasteiger charge is 2.23. The maximum absolute atomic E-state index is 11.6. The maximum atomic E-state index is 11.6. The van der Waals surface area contributed by atoms with Gasteiger partial charge in [-0.2, -0.15) is 4.31 Å². The minimum absolute atomic E-state index is 0.473. The first kappa shape index (κ1) is 15.3.